The average Bonchev–Trinajstić information content (AvgIpc) is 2.31. The van der Waals surface area contributed by atoms with E-state index < -0.39 is 0 Å². The number of anilines is 1. The van der Waals surface area contributed by atoms with Gasteiger partial charge in [0.05, 0.1) is 11.3 Å². The van der Waals surface area contributed by atoms with E-state index in [9.17, 15) is 0 Å². The van der Waals surface area contributed by atoms with E-state index in [-0.39, 0.29) is 6.04 Å². The van der Waals surface area contributed by atoms with Crippen molar-refractivity contribution in [2.45, 2.75) is 33.7 Å². The molecule has 3 N–H and O–H groups in total. The normalized spacial score (nSPS) is 12.8. The van der Waals surface area contributed by atoms with Gasteiger partial charge in [-0.05, 0) is 39.4 Å². The highest BCUT2D eigenvalue weighted by Crippen LogP contribution is 2.20. The summed E-state index contributed by atoms with van der Waals surface area (Å²) in [6, 6.07) is 0.259. The van der Waals surface area contributed by atoms with Crippen LogP contribution in [0.1, 0.15) is 30.7 Å². The summed E-state index contributed by atoms with van der Waals surface area (Å²) >= 11 is 5.16. The van der Waals surface area contributed by atoms with Gasteiger partial charge in [0.2, 0.25) is 0 Å². The Bertz CT molecular complexity index is 485. The molecule has 0 fully saturated rings. The Morgan fingerprint density at radius 1 is 1.30 bits per heavy atom. The van der Waals surface area contributed by atoms with E-state index in [2.05, 4.69) is 48.4 Å². The average molecular weight is 295 g/mol. The van der Waals surface area contributed by atoms with Crippen molar-refractivity contribution in [2.75, 3.05) is 26.0 Å². The van der Waals surface area contributed by atoms with Gasteiger partial charge in [-0.15, -0.1) is 5.10 Å². The van der Waals surface area contributed by atoms with Gasteiger partial charge < -0.3 is 16.0 Å². The van der Waals surface area contributed by atoms with E-state index in [1.54, 1.807) is 0 Å². The monoisotopic (exact) mass is 295 g/mol. The molecule has 0 bridgehead atoms. The number of aromatic nitrogens is 2. The summed E-state index contributed by atoms with van der Waals surface area (Å²) in [6.45, 7) is 9.14. The summed E-state index contributed by atoms with van der Waals surface area (Å²) in [6.07, 6.45) is 0. The molecule has 1 aromatic heterocycles. The standard InChI is InChI=1S/C14H25N5S/c1-8(2)11(7-19(5)6)16-14-12(13(15)20)9(3)10(4)17-18-14/h8,11H,7H2,1-6H3,(H2,15,20)(H,16,18). The first-order chi connectivity index (χ1) is 9.23. The molecule has 6 heteroatoms. The molecule has 0 saturated heterocycles. The van der Waals surface area contributed by atoms with Gasteiger partial charge >= 0.3 is 0 Å². The minimum absolute atomic E-state index is 0.259. The van der Waals surface area contributed by atoms with Crippen LogP contribution in [0.2, 0.25) is 0 Å². The fourth-order valence-corrected chi connectivity index (χ4v) is 2.25. The maximum atomic E-state index is 5.85. The minimum atomic E-state index is 0.259. The number of nitrogens with two attached hydrogens (primary N) is 1. The molecule has 1 heterocycles. The lowest BCUT2D eigenvalue weighted by atomic mass is 10.0. The molecule has 0 aliphatic rings. The molecule has 0 aliphatic heterocycles. The molecular weight excluding hydrogens is 270 g/mol. The van der Waals surface area contributed by atoms with E-state index in [0.717, 1.165) is 23.4 Å². The van der Waals surface area contributed by atoms with E-state index in [0.29, 0.717) is 16.7 Å². The van der Waals surface area contributed by atoms with Gasteiger partial charge in [-0.1, -0.05) is 26.1 Å². The summed E-state index contributed by atoms with van der Waals surface area (Å²) in [5.41, 5.74) is 8.50. The predicted octanol–water partition coefficient (Wildman–Crippen LogP) is 1.73. The molecule has 0 aromatic carbocycles. The molecule has 0 radical (unpaired) electrons. The number of aryl methyl sites for hydroxylation is 1. The number of nitrogens with zero attached hydrogens (tertiary/aromatic N) is 3. The van der Waals surface area contributed by atoms with Crippen LogP contribution in [0.3, 0.4) is 0 Å². The highest BCUT2D eigenvalue weighted by molar-refractivity contribution is 7.80. The lowest BCUT2D eigenvalue weighted by Gasteiger charge is -2.27. The first-order valence-corrected chi connectivity index (χ1v) is 7.19. The second-order valence-corrected chi connectivity index (χ2v) is 6.20. The van der Waals surface area contributed by atoms with Crippen LogP contribution in [0.4, 0.5) is 5.82 Å². The Morgan fingerprint density at radius 2 is 1.90 bits per heavy atom. The Balaban J connectivity index is 3.13. The van der Waals surface area contributed by atoms with E-state index in [4.69, 9.17) is 18.0 Å². The van der Waals surface area contributed by atoms with Gasteiger partial charge in [0.25, 0.3) is 0 Å². The summed E-state index contributed by atoms with van der Waals surface area (Å²) in [7, 11) is 4.11. The maximum absolute atomic E-state index is 5.85. The van der Waals surface area contributed by atoms with Gasteiger partial charge in [-0.25, -0.2) is 0 Å². The van der Waals surface area contributed by atoms with Crippen molar-refractivity contribution in [2.24, 2.45) is 11.7 Å². The Morgan fingerprint density at radius 3 is 2.35 bits per heavy atom. The number of likely N-dealkylation sites (N-methyl/N-ethyl adjacent to an activating group) is 1. The van der Waals surface area contributed by atoms with Crippen LogP contribution in [-0.2, 0) is 0 Å². The highest BCUT2D eigenvalue weighted by atomic mass is 32.1. The zero-order valence-electron chi connectivity index (χ0n) is 13.2. The third kappa shape index (κ3) is 4.11. The van der Waals surface area contributed by atoms with Crippen molar-refractivity contribution in [1.82, 2.24) is 15.1 Å². The molecule has 0 spiro atoms. The fraction of sp³-hybridized carbons (Fsp3) is 0.643. The number of rotatable bonds is 6. The Labute approximate surface area is 126 Å². The fourth-order valence-electron chi connectivity index (χ4n) is 2.00. The van der Waals surface area contributed by atoms with E-state index >= 15 is 0 Å². The molecule has 0 saturated carbocycles. The van der Waals surface area contributed by atoms with Crippen LogP contribution in [0.25, 0.3) is 0 Å². The molecule has 1 atom stereocenters. The third-order valence-corrected chi connectivity index (χ3v) is 3.59. The summed E-state index contributed by atoms with van der Waals surface area (Å²) in [5, 5.41) is 11.9. The zero-order chi connectivity index (χ0) is 15.4. The van der Waals surface area contributed by atoms with Gasteiger partial charge in [0, 0.05) is 12.6 Å². The molecule has 0 amide bonds. The second-order valence-electron chi connectivity index (χ2n) is 5.76. The Kier molecular flexibility index (Phi) is 5.83. The van der Waals surface area contributed by atoms with Crippen molar-refractivity contribution in [3.05, 3.63) is 16.8 Å². The van der Waals surface area contributed by atoms with Crippen LogP contribution >= 0.6 is 12.2 Å². The first-order valence-electron chi connectivity index (χ1n) is 6.79. The van der Waals surface area contributed by atoms with Gasteiger partial charge in [0.15, 0.2) is 5.82 Å². The molecule has 20 heavy (non-hydrogen) atoms. The van der Waals surface area contributed by atoms with Crippen LogP contribution < -0.4 is 11.1 Å². The second kappa shape index (κ2) is 6.95. The molecule has 1 rings (SSSR count). The molecular formula is C14H25N5S. The van der Waals surface area contributed by atoms with Crippen molar-refractivity contribution in [3.8, 4) is 0 Å². The summed E-state index contributed by atoms with van der Waals surface area (Å²) < 4.78 is 0. The number of nitrogens with one attached hydrogen (secondary N) is 1. The van der Waals surface area contributed by atoms with Crippen molar-refractivity contribution in [3.63, 3.8) is 0 Å². The smallest absolute Gasteiger partial charge is 0.159 e. The van der Waals surface area contributed by atoms with Gasteiger partial charge in [0.1, 0.15) is 4.99 Å². The van der Waals surface area contributed by atoms with Crippen LogP contribution in [0.5, 0.6) is 0 Å². The Hall–Kier alpha value is -1.27. The van der Waals surface area contributed by atoms with Gasteiger partial charge in [-0.3, -0.25) is 0 Å². The largest absolute Gasteiger partial charge is 0.389 e. The number of thiocarbonyl (C=S) groups is 1. The quantitative estimate of drug-likeness (QED) is 0.779. The van der Waals surface area contributed by atoms with E-state index in [1.807, 2.05) is 13.8 Å². The number of hydrogen-bond donors (Lipinski definition) is 2. The molecule has 1 aromatic rings. The zero-order valence-corrected chi connectivity index (χ0v) is 14.0. The van der Waals surface area contributed by atoms with Crippen molar-refractivity contribution < 1.29 is 0 Å². The lowest BCUT2D eigenvalue weighted by molar-refractivity contribution is 0.344. The van der Waals surface area contributed by atoms with Crippen molar-refractivity contribution >= 4 is 23.0 Å². The van der Waals surface area contributed by atoms with Crippen molar-refractivity contribution in [1.29, 1.82) is 0 Å². The molecule has 1 unspecified atom stereocenters. The predicted molar refractivity (Wildman–Crippen MR) is 88.2 cm³/mol. The molecule has 112 valence electrons. The molecule has 5 nitrogen and oxygen atoms in total. The molecule has 0 aliphatic carbocycles. The maximum Gasteiger partial charge on any atom is 0.159 e. The topological polar surface area (TPSA) is 67.1 Å². The van der Waals surface area contributed by atoms with E-state index in [1.165, 1.54) is 0 Å². The first kappa shape index (κ1) is 16.8. The lowest BCUT2D eigenvalue weighted by Crippen LogP contribution is -2.37. The minimum Gasteiger partial charge on any atom is -0.389 e. The van der Waals surface area contributed by atoms with Crippen LogP contribution in [0, 0.1) is 19.8 Å². The highest BCUT2D eigenvalue weighted by Gasteiger charge is 2.19. The third-order valence-electron chi connectivity index (χ3n) is 3.39. The van der Waals surface area contributed by atoms with Gasteiger partial charge in [-0.2, -0.15) is 5.10 Å². The van der Waals surface area contributed by atoms with Crippen LogP contribution in [-0.4, -0.2) is 46.8 Å². The summed E-state index contributed by atoms with van der Waals surface area (Å²) in [4.78, 5) is 2.50. The van der Waals surface area contributed by atoms with Crippen LogP contribution in [0.15, 0.2) is 0 Å². The number of hydrogen-bond acceptors (Lipinski definition) is 5. The SMILES string of the molecule is Cc1nnc(NC(CN(C)C)C(C)C)c(C(N)=S)c1C. The summed E-state index contributed by atoms with van der Waals surface area (Å²) in [5.74, 6) is 1.14.